The summed E-state index contributed by atoms with van der Waals surface area (Å²) in [7, 11) is 1.60. The summed E-state index contributed by atoms with van der Waals surface area (Å²) < 4.78 is 11.6. The predicted octanol–water partition coefficient (Wildman–Crippen LogP) is 5.43. The van der Waals surface area contributed by atoms with Crippen LogP contribution in [-0.4, -0.2) is 28.2 Å². The SMILES string of the molecule is COc1cc(-c2ccc(C3CCc4ccc(C(C5CC5)[C@H](C)C(=O)O)cc4O3)nc2)ccn1. The summed E-state index contributed by atoms with van der Waals surface area (Å²) in [4.78, 5) is 20.5. The number of carbonyl (C=O) groups is 1. The van der Waals surface area contributed by atoms with E-state index in [-0.39, 0.29) is 12.0 Å². The second-order valence-electron chi connectivity index (χ2n) is 9.06. The van der Waals surface area contributed by atoms with Crippen molar-refractivity contribution >= 4 is 5.97 Å². The fourth-order valence-electron chi connectivity index (χ4n) is 4.85. The molecule has 0 bridgehead atoms. The molecule has 2 aliphatic rings. The van der Waals surface area contributed by atoms with Gasteiger partial charge < -0.3 is 14.6 Å². The third-order valence-electron chi connectivity index (χ3n) is 6.87. The van der Waals surface area contributed by atoms with Crippen molar-refractivity contribution in [3.05, 3.63) is 71.7 Å². The Balaban J connectivity index is 1.36. The molecule has 1 aliphatic heterocycles. The van der Waals surface area contributed by atoms with Gasteiger partial charge >= 0.3 is 5.97 Å². The van der Waals surface area contributed by atoms with E-state index in [1.807, 2.05) is 37.4 Å². The lowest BCUT2D eigenvalue weighted by Crippen LogP contribution is -2.21. The topological polar surface area (TPSA) is 81.5 Å². The van der Waals surface area contributed by atoms with Crippen molar-refractivity contribution in [2.75, 3.05) is 7.11 Å². The van der Waals surface area contributed by atoms with E-state index in [4.69, 9.17) is 14.5 Å². The van der Waals surface area contributed by atoms with E-state index in [1.165, 1.54) is 5.56 Å². The molecule has 170 valence electrons. The molecule has 5 rings (SSSR count). The highest BCUT2D eigenvalue weighted by Gasteiger charge is 2.39. The molecule has 3 atom stereocenters. The molecular formula is C27H28N2O4. The van der Waals surface area contributed by atoms with Crippen molar-refractivity contribution in [3.63, 3.8) is 0 Å². The van der Waals surface area contributed by atoms with E-state index in [0.717, 1.165) is 53.8 Å². The number of aryl methyl sites for hydroxylation is 1. The average Bonchev–Trinajstić information content (AvgIpc) is 3.69. The number of nitrogens with zero attached hydrogens (tertiary/aromatic N) is 2. The van der Waals surface area contributed by atoms with Gasteiger partial charge in [-0.15, -0.1) is 0 Å². The van der Waals surface area contributed by atoms with E-state index in [2.05, 4.69) is 23.2 Å². The monoisotopic (exact) mass is 444 g/mol. The smallest absolute Gasteiger partial charge is 0.306 e. The summed E-state index contributed by atoms with van der Waals surface area (Å²) in [5, 5.41) is 9.60. The normalized spacial score (nSPS) is 19.2. The van der Waals surface area contributed by atoms with Gasteiger partial charge in [-0.25, -0.2) is 4.98 Å². The maximum atomic E-state index is 11.7. The molecule has 1 aromatic carbocycles. The molecular weight excluding hydrogens is 416 g/mol. The van der Waals surface area contributed by atoms with Crippen molar-refractivity contribution in [1.29, 1.82) is 0 Å². The Kier molecular flexibility index (Phi) is 5.75. The maximum absolute atomic E-state index is 11.7. The highest BCUT2D eigenvalue weighted by atomic mass is 16.5. The average molecular weight is 445 g/mol. The molecule has 1 aliphatic carbocycles. The summed E-state index contributed by atoms with van der Waals surface area (Å²) in [6.45, 7) is 1.82. The van der Waals surface area contributed by atoms with Gasteiger partial charge in [0.05, 0.1) is 18.7 Å². The second kappa shape index (κ2) is 8.85. The van der Waals surface area contributed by atoms with E-state index >= 15 is 0 Å². The molecule has 1 saturated carbocycles. The summed E-state index contributed by atoms with van der Waals surface area (Å²) in [6.07, 6.45) is 7.43. The minimum absolute atomic E-state index is 0.0338. The zero-order valence-corrected chi connectivity index (χ0v) is 18.9. The summed E-state index contributed by atoms with van der Waals surface area (Å²) in [5.74, 6) is 0.773. The maximum Gasteiger partial charge on any atom is 0.306 e. The van der Waals surface area contributed by atoms with Crippen LogP contribution in [-0.2, 0) is 11.2 Å². The number of methoxy groups -OCH3 is 1. The minimum atomic E-state index is -0.737. The van der Waals surface area contributed by atoms with E-state index < -0.39 is 11.9 Å². The van der Waals surface area contributed by atoms with Crippen LogP contribution in [0, 0.1) is 11.8 Å². The number of pyridine rings is 2. The molecule has 1 fully saturated rings. The van der Waals surface area contributed by atoms with Gasteiger partial charge in [-0.2, -0.15) is 0 Å². The number of hydrogen-bond donors (Lipinski definition) is 1. The van der Waals surface area contributed by atoms with E-state index in [1.54, 1.807) is 13.3 Å². The molecule has 1 N–H and O–H groups in total. The Morgan fingerprint density at radius 3 is 2.64 bits per heavy atom. The molecule has 2 aromatic heterocycles. The van der Waals surface area contributed by atoms with Gasteiger partial charge in [-0.3, -0.25) is 9.78 Å². The highest BCUT2D eigenvalue weighted by molar-refractivity contribution is 5.71. The number of benzene rings is 1. The Morgan fingerprint density at radius 1 is 1.09 bits per heavy atom. The van der Waals surface area contributed by atoms with Crippen LogP contribution in [0.3, 0.4) is 0 Å². The Morgan fingerprint density at radius 2 is 1.94 bits per heavy atom. The van der Waals surface area contributed by atoms with Crippen LogP contribution in [0.1, 0.15) is 55.0 Å². The van der Waals surface area contributed by atoms with Crippen LogP contribution in [0.15, 0.2) is 54.9 Å². The van der Waals surface area contributed by atoms with E-state index in [0.29, 0.717) is 11.8 Å². The number of ether oxygens (including phenoxy) is 2. The quantitative estimate of drug-likeness (QED) is 0.523. The number of carboxylic acids is 1. The fraction of sp³-hybridized carbons (Fsp3) is 0.370. The van der Waals surface area contributed by atoms with Gasteiger partial charge in [0.15, 0.2) is 0 Å². The number of hydrogen-bond acceptors (Lipinski definition) is 5. The van der Waals surface area contributed by atoms with Crippen LogP contribution in [0.25, 0.3) is 11.1 Å². The first kappa shape index (κ1) is 21.4. The van der Waals surface area contributed by atoms with Gasteiger partial charge in [-0.05, 0) is 72.4 Å². The molecule has 2 unspecified atom stereocenters. The standard InChI is InChI=1S/C27H28N2O4/c1-16(27(30)31)26(18-4-5-18)20-6-3-17-8-10-23(33-24(17)13-20)22-9-7-21(15-29-22)19-11-12-28-25(14-19)32-2/h3,6-7,9,11-16,18,23,26H,4-5,8,10H2,1-2H3,(H,30,31)/t16-,23?,26?/m0/s1. The Bertz CT molecular complexity index is 1160. The molecule has 0 saturated heterocycles. The largest absolute Gasteiger partial charge is 0.484 e. The summed E-state index contributed by atoms with van der Waals surface area (Å²) in [6, 6.07) is 14.2. The van der Waals surface area contributed by atoms with Crippen LogP contribution in [0.4, 0.5) is 0 Å². The first-order chi connectivity index (χ1) is 16.0. The number of carboxylic acid groups (broad SMARTS) is 1. The first-order valence-electron chi connectivity index (χ1n) is 11.5. The Hall–Kier alpha value is -3.41. The van der Waals surface area contributed by atoms with Crippen molar-refractivity contribution < 1.29 is 19.4 Å². The van der Waals surface area contributed by atoms with Crippen LogP contribution >= 0.6 is 0 Å². The highest BCUT2D eigenvalue weighted by Crippen LogP contribution is 2.48. The van der Waals surface area contributed by atoms with Crippen molar-refractivity contribution in [1.82, 2.24) is 9.97 Å². The number of rotatable bonds is 7. The van der Waals surface area contributed by atoms with Gasteiger partial charge in [0.25, 0.3) is 0 Å². The third kappa shape index (κ3) is 4.42. The number of aliphatic carboxylic acids is 1. The van der Waals surface area contributed by atoms with Gasteiger partial charge in [0.2, 0.25) is 5.88 Å². The lowest BCUT2D eigenvalue weighted by atomic mass is 9.82. The molecule has 6 nitrogen and oxygen atoms in total. The fourth-order valence-corrected chi connectivity index (χ4v) is 4.85. The predicted molar refractivity (Wildman–Crippen MR) is 124 cm³/mol. The first-order valence-corrected chi connectivity index (χ1v) is 11.5. The van der Waals surface area contributed by atoms with Gasteiger partial charge in [-0.1, -0.05) is 25.1 Å². The molecule has 0 spiro atoms. The number of fused-ring (bicyclic) bond motifs is 1. The van der Waals surface area contributed by atoms with Crippen LogP contribution in [0.2, 0.25) is 0 Å². The summed E-state index contributed by atoms with van der Waals surface area (Å²) in [5.41, 5.74) is 5.13. The molecule has 33 heavy (non-hydrogen) atoms. The Labute approximate surface area is 193 Å². The minimum Gasteiger partial charge on any atom is -0.484 e. The van der Waals surface area contributed by atoms with Crippen LogP contribution < -0.4 is 9.47 Å². The molecule has 0 amide bonds. The number of aromatic nitrogens is 2. The lowest BCUT2D eigenvalue weighted by Gasteiger charge is -2.28. The molecule has 0 radical (unpaired) electrons. The molecule has 3 aromatic rings. The summed E-state index contributed by atoms with van der Waals surface area (Å²) >= 11 is 0. The van der Waals surface area contributed by atoms with Gasteiger partial charge in [0, 0.05) is 24.0 Å². The van der Waals surface area contributed by atoms with Gasteiger partial charge in [0.1, 0.15) is 11.9 Å². The van der Waals surface area contributed by atoms with E-state index in [9.17, 15) is 9.90 Å². The lowest BCUT2D eigenvalue weighted by molar-refractivity contribution is -0.142. The van der Waals surface area contributed by atoms with Crippen molar-refractivity contribution in [3.8, 4) is 22.8 Å². The third-order valence-corrected chi connectivity index (χ3v) is 6.87. The van der Waals surface area contributed by atoms with Crippen molar-refractivity contribution in [2.24, 2.45) is 11.8 Å². The molecule has 6 heteroatoms. The van der Waals surface area contributed by atoms with Crippen molar-refractivity contribution in [2.45, 2.75) is 44.6 Å². The molecule has 3 heterocycles. The second-order valence-corrected chi connectivity index (χ2v) is 9.06. The zero-order chi connectivity index (χ0) is 22.9. The van der Waals surface area contributed by atoms with Crippen LogP contribution in [0.5, 0.6) is 11.6 Å². The zero-order valence-electron chi connectivity index (χ0n) is 18.9.